The van der Waals surface area contributed by atoms with E-state index < -0.39 is 12.4 Å². The third-order valence-corrected chi connectivity index (χ3v) is 4.76. The molecule has 1 fully saturated rings. The van der Waals surface area contributed by atoms with E-state index in [4.69, 9.17) is 14.2 Å². The van der Waals surface area contributed by atoms with Gasteiger partial charge in [-0.2, -0.15) is 0 Å². The van der Waals surface area contributed by atoms with Gasteiger partial charge >= 0.3 is 0 Å². The first-order valence-electron chi connectivity index (χ1n) is 8.22. The third kappa shape index (κ3) is 3.23. The monoisotopic (exact) mass is 328 g/mol. The molecule has 2 aromatic carbocycles. The SMILES string of the molecule is CO[C@@H]1OC(CO)[C@@H](OC)[C@H](c2ccccc2)C1c1ccccc1. The normalized spacial score (nSPS) is 30.2. The Kier molecular flexibility index (Phi) is 5.63. The summed E-state index contributed by atoms with van der Waals surface area (Å²) in [5.74, 6) is 0.000741. The smallest absolute Gasteiger partial charge is 0.165 e. The van der Waals surface area contributed by atoms with Crippen LogP contribution in [-0.2, 0) is 14.2 Å². The molecule has 2 aromatic rings. The van der Waals surface area contributed by atoms with Crippen LogP contribution >= 0.6 is 0 Å². The van der Waals surface area contributed by atoms with Crippen molar-refractivity contribution >= 4 is 0 Å². The van der Waals surface area contributed by atoms with Crippen molar-refractivity contribution in [3.05, 3.63) is 71.8 Å². The van der Waals surface area contributed by atoms with Gasteiger partial charge in [-0.05, 0) is 11.1 Å². The first kappa shape index (κ1) is 17.1. The molecule has 3 rings (SSSR count). The zero-order chi connectivity index (χ0) is 16.9. The molecule has 0 saturated carbocycles. The van der Waals surface area contributed by atoms with E-state index in [9.17, 15) is 5.11 Å². The molecule has 0 spiro atoms. The lowest BCUT2D eigenvalue weighted by molar-refractivity contribution is -0.241. The Bertz CT molecular complexity index is 616. The molecule has 1 aliphatic heterocycles. The van der Waals surface area contributed by atoms with Crippen LogP contribution in [0.5, 0.6) is 0 Å². The fourth-order valence-corrected chi connectivity index (χ4v) is 3.70. The van der Waals surface area contributed by atoms with Crippen molar-refractivity contribution in [1.82, 2.24) is 0 Å². The topological polar surface area (TPSA) is 47.9 Å². The van der Waals surface area contributed by atoms with Crippen molar-refractivity contribution in [2.75, 3.05) is 20.8 Å². The van der Waals surface area contributed by atoms with Gasteiger partial charge in [-0.15, -0.1) is 0 Å². The number of methoxy groups -OCH3 is 2. The molecule has 5 atom stereocenters. The average molecular weight is 328 g/mol. The third-order valence-electron chi connectivity index (χ3n) is 4.76. The first-order chi connectivity index (χ1) is 11.8. The highest BCUT2D eigenvalue weighted by Gasteiger charge is 2.47. The van der Waals surface area contributed by atoms with Gasteiger partial charge in [0.2, 0.25) is 0 Å². The summed E-state index contributed by atoms with van der Waals surface area (Å²) in [6.45, 7) is -0.108. The molecule has 2 unspecified atom stereocenters. The van der Waals surface area contributed by atoms with E-state index in [0.717, 1.165) is 11.1 Å². The second kappa shape index (κ2) is 7.90. The number of aliphatic hydroxyl groups is 1. The number of aliphatic hydroxyl groups excluding tert-OH is 1. The molecular formula is C20H24O4. The minimum absolute atomic E-state index is 0.0219. The van der Waals surface area contributed by atoms with Gasteiger partial charge in [-0.3, -0.25) is 0 Å². The summed E-state index contributed by atoms with van der Waals surface area (Å²) in [4.78, 5) is 0. The maximum Gasteiger partial charge on any atom is 0.165 e. The second-order valence-electron chi connectivity index (χ2n) is 6.03. The lowest BCUT2D eigenvalue weighted by Crippen LogP contribution is -2.51. The Balaban J connectivity index is 2.09. The standard InChI is InChI=1S/C20H24O4/c1-22-19-16(13-21)24-20(23-2)18(15-11-7-4-8-12-15)17(19)14-9-5-3-6-10-14/h3-12,16-21H,13H2,1-2H3/t16?,17-,18?,19-,20-/m1/s1. The van der Waals surface area contributed by atoms with Crippen molar-refractivity contribution in [3.63, 3.8) is 0 Å². The van der Waals surface area contributed by atoms with Gasteiger partial charge < -0.3 is 19.3 Å². The highest BCUT2D eigenvalue weighted by molar-refractivity contribution is 5.32. The maximum absolute atomic E-state index is 9.77. The molecule has 0 aromatic heterocycles. The summed E-state index contributed by atoms with van der Waals surface area (Å²) in [6, 6.07) is 20.4. The summed E-state index contributed by atoms with van der Waals surface area (Å²) in [7, 11) is 3.31. The van der Waals surface area contributed by atoms with Crippen LogP contribution in [-0.4, -0.2) is 44.4 Å². The lowest BCUT2D eigenvalue weighted by Gasteiger charge is -2.46. The molecule has 128 valence electrons. The fraction of sp³-hybridized carbons (Fsp3) is 0.400. The van der Waals surface area contributed by atoms with Crippen molar-refractivity contribution in [2.45, 2.75) is 30.3 Å². The molecular weight excluding hydrogens is 304 g/mol. The number of rotatable bonds is 5. The van der Waals surface area contributed by atoms with Crippen LogP contribution in [0.1, 0.15) is 23.0 Å². The van der Waals surface area contributed by atoms with Gasteiger partial charge in [0.15, 0.2) is 6.29 Å². The van der Waals surface area contributed by atoms with E-state index in [0.29, 0.717) is 0 Å². The molecule has 24 heavy (non-hydrogen) atoms. The van der Waals surface area contributed by atoms with Crippen LogP contribution in [0.4, 0.5) is 0 Å². The van der Waals surface area contributed by atoms with E-state index >= 15 is 0 Å². The molecule has 4 heteroatoms. The van der Waals surface area contributed by atoms with Crippen molar-refractivity contribution in [2.24, 2.45) is 0 Å². The quantitative estimate of drug-likeness (QED) is 0.917. The van der Waals surface area contributed by atoms with E-state index in [2.05, 4.69) is 24.3 Å². The summed E-state index contributed by atoms with van der Waals surface area (Å²) in [6.07, 6.45) is -1.12. The summed E-state index contributed by atoms with van der Waals surface area (Å²) in [5, 5.41) is 9.77. The van der Waals surface area contributed by atoms with Gasteiger partial charge in [0, 0.05) is 26.1 Å². The number of hydrogen-bond acceptors (Lipinski definition) is 4. The minimum Gasteiger partial charge on any atom is -0.394 e. The Morgan fingerprint density at radius 2 is 1.38 bits per heavy atom. The zero-order valence-electron chi connectivity index (χ0n) is 14.0. The van der Waals surface area contributed by atoms with Crippen molar-refractivity contribution < 1.29 is 19.3 Å². The average Bonchev–Trinajstić information content (AvgIpc) is 2.67. The summed E-state index contributed by atoms with van der Waals surface area (Å²) >= 11 is 0. The Labute approximate surface area is 143 Å². The van der Waals surface area contributed by atoms with Crippen LogP contribution in [0.2, 0.25) is 0 Å². The highest BCUT2D eigenvalue weighted by atomic mass is 16.7. The fourth-order valence-electron chi connectivity index (χ4n) is 3.70. The number of hydrogen-bond donors (Lipinski definition) is 1. The largest absolute Gasteiger partial charge is 0.394 e. The predicted molar refractivity (Wildman–Crippen MR) is 91.9 cm³/mol. The van der Waals surface area contributed by atoms with Gasteiger partial charge in [-0.1, -0.05) is 60.7 Å². The maximum atomic E-state index is 9.77. The molecule has 0 bridgehead atoms. The van der Waals surface area contributed by atoms with Crippen molar-refractivity contribution in [3.8, 4) is 0 Å². The lowest BCUT2D eigenvalue weighted by atomic mass is 9.74. The van der Waals surface area contributed by atoms with Crippen LogP contribution in [0.3, 0.4) is 0 Å². The molecule has 0 aliphatic carbocycles. The van der Waals surface area contributed by atoms with E-state index in [-0.39, 0.29) is 24.5 Å². The number of ether oxygens (including phenoxy) is 3. The Morgan fingerprint density at radius 3 is 1.83 bits per heavy atom. The molecule has 1 N–H and O–H groups in total. The summed E-state index contributed by atoms with van der Waals surface area (Å²) < 4.78 is 17.4. The zero-order valence-corrected chi connectivity index (χ0v) is 14.0. The molecule has 1 saturated heterocycles. The van der Waals surface area contributed by atoms with Crippen LogP contribution < -0.4 is 0 Å². The predicted octanol–water partition coefficient (Wildman–Crippen LogP) is 2.93. The van der Waals surface area contributed by atoms with Crippen LogP contribution in [0.15, 0.2) is 60.7 Å². The van der Waals surface area contributed by atoms with Gasteiger partial charge in [0.1, 0.15) is 6.10 Å². The van der Waals surface area contributed by atoms with Gasteiger partial charge in [0.25, 0.3) is 0 Å². The van der Waals surface area contributed by atoms with E-state index in [1.54, 1.807) is 14.2 Å². The van der Waals surface area contributed by atoms with Crippen molar-refractivity contribution in [1.29, 1.82) is 0 Å². The van der Waals surface area contributed by atoms with E-state index in [1.807, 2.05) is 36.4 Å². The molecule has 4 nitrogen and oxygen atoms in total. The van der Waals surface area contributed by atoms with Gasteiger partial charge in [0.05, 0.1) is 12.7 Å². The highest BCUT2D eigenvalue weighted by Crippen LogP contribution is 2.45. The Hall–Kier alpha value is -1.72. The molecule has 0 radical (unpaired) electrons. The molecule has 1 aliphatic rings. The van der Waals surface area contributed by atoms with E-state index in [1.165, 1.54) is 0 Å². The molecule has 1 heterocycles. The van der Waals surface area contributed by atoms with Crippen LogP contribution in [0.25, 0.3) is 0 Å². The van der Waals surface area contributed by atoms with Crippen LogP contribution in [0, 0.1) is 0 Å². The molecule has 0 amide bonds. The number of benzene rings is 2. The second-order valence-corrected chi connectivity index (χ2v) is 6.03. The van der Waals surface area contributed by atoms with Gasteiger partial charge in [-0.25, -0.2) is 0 Å². The minimum atomic E-state index is -0.443. The summed E-state index contributed by atoms with van der Waals surface area (Å²) in [5.41, 5.74) is 2.29. The Morgan fingerprint density at radius 1 is 0.833 bits per heavy atom. The first-order valence-corrected chi connectivity index (χ1v) is 8.22.